The second kappa shape index (κ2) is 4.74. The van der Waals surface area contributed by atoms with E-state index < -0.39 is 11.6 Å². The third-order valence-electron chi connectivity index (χ3n) is 1.73. The lowest BCUT2D eigenvalue weighted by atomic mass is 10.2. The van der Waals surface area contributed by atoms with Crippen molar-refractivity contribution in [1.29, 1.82) is 0 Å². The molecule has 0 amide bonds. The van der Waals surface area contributed by atoms with Gasteiger partial charge in [-0.05, 0) is 19.1 Å². The molecule has 76 valence electrons. The van der Waals surface area contributed by atoms with Gasteiger partial charge in [0.25, 0.3) is 0 Å². The highest BCUT2D eigenvalue weighted by atomic mass is 19.2. The Labute approximate surface area is 82.0 Å². The van der Waals surface area contributed by atoms with Crippen molar-refractivity contribution in [2.75, 3.05) is 0 Å². The summed E-state index contributed by atoms with van der Waals surface area (Å²) in [6, 6.07) is 3.48. The molecule has 0 fully saturated rings. The number of benzene rings is 1. The normalized spacial score (nSPS) is 12.2. The van der Waals surface area contributed by atoms with E-state index in [1.807, 2.05) is 6.92 Å². The topological polar surface area (TPSA) is 9.23 Å². The van der Waals surface area contributed by atoms with Crippen LogP contribution in [0.5, 0.6) is 5.75 Å². The van der Waals surface area contributed by atoms with Crippen LogP contribution < -0.4 is 4.74 Å². The molecule has 0 saturated heterocycles. The van der Waals surface area contributed by atoms with Crippen LogP contribution in [0, 0.1) is 11.6 Å². The predicted molar refractivity (Wildman–Crippen MR) is 51.3 cm³/mol. The van der Waals surface area contributed by atoms with Gasteiger partial charge >= 0.3 is 0 Å². The summed E-state index contributed by atoms with van der Waals surface area (Å²) in [5.74, 6) is -1.43. The van der Waals surface area contributed by atoms with Crippen LogP contribution in [0.3, 0.4) is 0 Å². The summed E-state index contributed by atoms with van der Waals surface area (Å²) < 4.78 is 30.6. The first-order valence-electron chi connectivity index (χ1n) is 4.36. The van der Waals surface area contributed by atoms with Gasteiger partial charge in [-0.1, -0.05) is 6.08 Å². The minimum Gasteiger partial charge on any atom is -0.490 e. The highest BCUT2D eigenvalue weighted by Crippen LogP contribution is 2.17. The molecule has 0 spiro atoms. The maximum Gasteiger partial charge on any atom is 0.162 e. The summed E-state index contributed by atoms with van der Waals surface area (Å²) in [7, 11) is 0. The van der Waals surface area contributed by atoms with Crippen LogP contribution in [-0.4, -0.2) is 6.10 Å². The third-order valence-corrected chi connectivity index (χ3v) is 1.73. The molecule has 1 atom stereocenters. The van der Waals surface area contributed by atoms with Gasteiger partial charge in [0.05, 0.1) is 6.10 Å². The molecule has 0 bridgehead atoms. The van der Waals surface area contributed by atoms with E-state index in [1.54, 1.807) is 6.08 Å². The van der Waals surface area contributed by atoms with Crippen molar-refractivity contribution >= 4 is 0 Å². The van der Waals surface area contributed by atoms with Crippen LogP contribution in [0.1, 0.15) is 13.3 Å². The maximum absolute atomic E-state index is 12.7. The van der Waals surface area contributed by atoms with Crippen molar-refractivity contribution in [3.63, 3.8) is 0 Å². The molecule has 0 heterocycles. The summed E-state index contributed by atoms with van der Waals surface area (Å²) in [4.78, 5) is 0. The van der Waals surface area contributed by atoms with Crippen LogP contribution >= 0.6 is 0 Å². The zero-order chi connectivity index (χ0) is 10.6. The Kier molecular flexibility index (Phi) is 3.63. The van der Waals surface area contributed by atoms with Crippen LogP contribution in [0.15, 0.2) is 30.9 Å². The molecule has 3 heteroatoms. The Morgan fingerprint density at radius 2 is 2.14 bits per heavy atom. The third kappa shape index (κ3) is 2.83. The fourth-order valence-corrected chi connectivity index (χ4v) is 1.07. The van der Waals surface area contributed by atoms with Crippen LogP contribution in [0.4, 0.5) is 8.78 Å². The molecule has 14 heavy (non-hydrogen) atoms. The first-order chi connectivity index (χ1) is 6.63. The average molecular weight is 198 g/mol. The van der Waals surface area contributed by atoms with E-state index >= 15 is 0 Å². The molecule has 0 N–H and O–H groups in total. The molecular formula is C11H12F2O. The van der Waals surface area contributed by atoms with E-state index in [0.29, 0.717) is 12.2 Å². The van der Waals surface area contributed by atoms with Gasteiger partial charge in [0.2, 0.25) is 0 Å². The summed E-state index contributed by atoms with van der Waals surface area (Å²) in [5, 5.41) is 0. The second-order valence-corrected chi connectivity index (χ2v) is 3.03. The molecule has 1 aromatic carbocycles. The van der Waals surface area contributed by atoms with Crippen LogP contribution in [0.25, 0.3) is 0 Å². The molecule has 0 unspecified atom stereocenters. The summed E-state index contributed by atoms with van der Waals surface area (Å²) >= 11 is 0. The van der Waals surface area contributed by atoms with Crippen LogP contribution in [-0.2, 0) is 0 Å². The van der Waals surface area contributed by atoms with Crippen molar-refractivity contribution < 1.29 is 13.5 Å². The lowest BCUT2D eigenvalue weighted by Gasteiger charge is -2.12. The summed E-state index contributed by atoms with van der Waals surface area (Å²) in [5.41, 5.74) is 0. The van der Waals surface area contributed by atoms with Gasteiger partial charge in [-0.2, -0.15) is 0 Å². The SMILES string of the molecule is C=CC[C@H](C)Oc1ccc(F)c(F)c1. The Balaban J connectivity index is 2.67. The number of hydrogen-bond donors (Lipinski definition) is 0. The zero-order valence-electron chi connectivity index (χ0n) is 7.97. The van der Waals surface area contributed by atoms with E-state index in [4.69, 9.17) is 4.74 Å². The van der Waals surface area contributed by atoms with Crippen LogP contribution in [0.2, 0.25) is 0 Å². The molecule has 0 aliphatic heterocycles. The minimum absolute atomic E-state index is 0.0858. The first kappa shape index (κ1) is 10.7. The molecule has 1 nitrogen and oxygen atoms in total. The number of hydrogen-bond acceptors (Lipinski definition) is 1. The first-order valence-corrected chi connectivity index (χ1v) is 4.36. The Morgan fingerprint density at radius 3 is 2.71 bits per heavy atom. The van der Waals surface area contributed by atoms with E-state index in [9.17, 15) is 8.78 Å². The molecule has 0 aliphatic carbocycles. The van der Waals surface area contributed by atoms with Crippen molar-refractivity contribution in [2.24, 2.45) is 0 Å². The van der Waals surface area contributed by atoms with Gasteiger partial charge < -0.3 is 4.74 Å². The molecule has 0 radical (unpaired) electrons. The standard InChI is InChI=1S/C11H12F2O/c1-3-4-8(2)14-9-5-6-10(12)11(13)7-9/h3,5-8H,1,4H2,2H3/t8-/m0/s1. The van der Waals surface area contributed by atoms with Gasteiger partial charge in [0.15, 0.2) is 11.6 Å². The van der Waals surface area contributed by atoms with Gasteiger partial charge in [-0.3, -0.25) is 0 Å². The molecule has 1 aromatic rings. The quantitative estimate of drug-likeness (QED) is 0.674. The zero-order valence-corrected chi connectivity index (χ0v) is 7.97. The largest absolute Gasteiger partial charge is 0.490 e. The van der Waals surface area contributed by atoms with Crippen molar-refractivity contribution in [3.05, 3.63) is 42.5 Å². The second-order valence-electron chi connectivity index (χ2n) is 3.03. The van der Waals surface area contributed by atoms with Gasteiger partial charge in [-0.15, -0.1) is 6.58 Å². The average Bonchev–Trinajstić information content (AvgIpc) is 2.12. The van der Waals surface area contributed by atoms with Crippen molar-refractivity contribution in [3.8, 4) is 5.75 Å². The smallest absolute Gasteiger partial charge is 0.162 e. The fraction of sp³-hybridized carbons (Fsp3) is 0.273. The predicted octanol–water partition coefficient (Wildman–Crippen LogP) is 3.31. The minimum atomic E-state index is -0.895. The van der Waals surface area contributed by atoms with Gasteiger partial charge in [-0.25, -0.2) is 8.78 Å². The lowest BCUT2D eigenvalue weighted by molar-refractivity contribution is 0.224. The molecule has 0 aromatic heterocycles. The van der Waals surface area contributed by atoms with Crippen molar-refractivity contribution in [2.45, 2.75) is 19.4 Å². The van der Waals surface area contributed by atoms with E-state index in [-0.39, 0.29) is 6.10 Å². The number of rotatable bonds is 4. The van der Waals surface area contributed by atoms with E-state index in [2.05, 4.69) is 6.58 Å². The Hall–Kier alpha value is -1.38. The van der Waals surface area contributed by atoms with E-state index in [1.165, 1.54) is 6.07 Å². The molecule has 0 aliphatic rings. The lowest BCUT2D eigenvalue weighted by Crippen LogP contribution is -2.10. The summed E-state index contributed by atoms with van der Waals surface area (Å²) in [6.45, 7) is 5.40. The van der Waals surface area contributed by atoms with Gasteiger partial charge in [0, 0.05) is 12.5 Å². The number of halogens is 2. The molecular weight excluding hydrogens is 186 g/mol. The number of ether oxygens (including phenoxy) is 1. The van der Waals surface area contributed by atoms with E-state index in [0.717, 1.165) is 12.1 Å². The summed E-state index contributed by atoms with van der Waals surface area (Å²) in [6.07, 6.45) is 2.29. The molecule has 1 rings (SSSR count). The Bertz CT molecular complexity index is 323. The Morgan fingerprint density at radius 1 is 1.43 bits per heavy atom. The highest BCUT2D eigenvalue weighted by molar-refractivity contribution is 5.23. The molecule has 0 saturated carbocycles. The fourth-order valence-electron chi connectivity index (χ4n) is 1.07. The van der Waals surface area contributed by atoms with Crippen molar-refractivity contribution in [1.82, 2.24) is 0 Å². The van der Waals surface area contributed by atoms with Gasteiger partial charge in [0.1, 0.15) is 5.75 Å². The highest BCUT2D eigenvalue weighted by Gasteiger charge is 2.05. The monoisotopic (exact) mass is 198 g/mol. The maximum atomic E-state index is 12.7.